The molecule has 0 saturated carbocycles. The van der Waals surface area contributed by atoms with Crippen LogP contribution in [0.25, 0.3) is 0 Å². The van der Waals surface area contributed by atoms with Gasteiger partial charge in [0, 0.05) is 29.5 Å². The van der Waals surface area contributed by atoms with Gasteiger partial charge in [0.25, 0.3) is 11.5 Å². The summed E-state index contributed by atoms with van der Waals surface area (Å²) in [5.74, 6) is -0.379. The molecule has 0 aliphatic carbocycles. The lowest BCUT2D eigenvalue weighted by molar-refractivity contribution is 0.102. The molecule has 0 aliphatic rings. The SMILES string of the molecule is CCCn1cc(NC(=O)c2cc(Br)cnc2Cl)ccc1=O. The smallest absolute Gasteiger partial charge is 0.258 e. The van der Waals surface area contributed by atoms with Crippen molar-refractivity contribution >= 4 is 39.1 Å². The van der Waals surface area contributed by atoms with Crippen LogP contribution < -0.4 is 10.9 Å². The number of anilines is 1. The van der Waals surface area contributed by atoms with E-state index in [1.54, 1.807) is 22.9 Å². The molecule has 0 aliphatic heterocycles. The van der Waals surface area contributed by atoms with Crippen LogP contribution in [0.4, 0.5) is 5.69 Å². The predicted octanol–water partition coefficient (Wildman–Crippen LogP) is 3.32. The van der Waals surface area contributed by atoms with Crippen molar-refractivity contribution in [3.63, 3.8) is 0 Å². The van der Waals surface area contributed by atoms with Crippen LogP contribution in [0, 0.1) is 0 Å². The van der Waals surface area contributed by atoms with Crippen LogP contribution in [0.3, 0.4) is 0 Å². The minimum Gasteiger partial charge on any atom is -0.321 e. The van der Waals surface area contributed by atoms with Gasteiger partial charge in [-0.25, -0.2) is 4.98 Å². The fraction of sp³-hybridized carbons (Fsp3) is 0.214. The van der Waals surface area contributed by atoms with Crippen molar-refractivity contribution in [1.82, 2.24) is 9.55 Å². The molecule has 0 bridgehead atoms. The quantitative estimate of drug-likeness (QED) is 0.840. The third-order valence-corrected chi connectivity index (χ3v) is 3.49. The van der Waals surface area contributed by atoms with E-state index in [0.717, 1.165) is 6.42 Å². The van der Waals surface area contributed by atoms with Gasteiger partial charge in [-0.3, -0.25) is 9.59 Å². The molecule has 0 aromatic carbocycles. The van der Waals surface area contributed by atoms with Gasteiger partial charge in [0.05, 0.1) is 11.3 Å². The van der Waals surface area contributed by atoms with Crippen LogP contribution in [0.15, 0.2) is 39.9 Å². The van der Waals surface area contributed by atoms with Crippen LogP contribution in [0.2, 0.25) is 5.15 Å². The van der Waals surface area contributed by atoms with Gasteiger partial charge in [0.1, 0.15) is 5.15 Å². The zero-order valence-corrected chi connectivity index (χ0v) is 13.6. The predicted molar refractivity (Wildman–Crippen MR) is 85.9 cm³/mol. The molecule has 2 aromatic rings. The average molecular weight is 371 g/mol. The maximum atomic E-state index is 12.2. The summed E-state index contributed by atoms with van der Waals surface area (Å²) < 4.78 is 2.21. The molecule has 1 N–H and O–H groups in total. The number of aryl methyl sites for hydroxylation is 1. The lowest BCUT2D eigenvalue weighted by atomic mass is 10.2. The van der Waals surface area contributed by atoms with Crippen molar-refractivity contribution in [2.45, 2.75) is 19.9 Å². The highest BCUT2D eigenvalue weighted by molar-refractivity contribution is 9.10. The summed E-state index contributed by atoms with van der Waals surface area (Å²) in [4.78, 5) is 27.7. The summed E-state index contributed by atoms with van der Waals surface area (Å²) in [5, 5.41) is 2.83. The first kappa shape index (κ1) is 15.7. The molecule has 1 amide bonds. The Kier molecular flexibility index (Phi) is 5.14. The molecule has 2 rings (SSSR count). The fourth-order valence-electron chi connectivity index (χ4n) is 1.80. The standard InChI is InChI=1S/C14H13BrClN3O2/c1-2-5-19-8-10(3-4-12(19)20)18-14(21)11-6-9(15)7-17-13(11)16/h3-4,6-8H,2,5H2,1H3,(H,18,21). The van der Waals surface area contributed by atoms with Gasteiger partial charge < -0.3 is 9.88 Å². The van der Waals surface area contributed by atoms with Gasteiger partial charge in [0.2, 0.25) is 0 Å². The number of nitrogens with zero attached hydrogens (tertiary/aromatic N) is 2. The van der Waals surface area contributed by atoms with E-state index in [0.29, 0.717) is 16.7 Å². The molecular weight excluding hydrogens is 358 g/mol. The third-order valence-electron chi connectivity index (χ3n) is 2.76. The molecular formula is C14H13BrClN3O2. The summed E-state index contributed by atoms with van der Waals surface area (Å²) in [6, 6.07) is 4.57. The normalized spacial score (nSPS) is 10.4. The molecule has 2 heterocycles. The van der Waals surface area contributed by atoms with Crippen LogP contribution in [0.5, 0.6) is 0 Å². The Bertz CT molecular complexity index is 730. The number of halogens is 2. The molecule has 21 heavy (non-hydrogen) atoms. The number of hydrogen-bond donors (Lipinski definition) is 1. The molecule has 0 unspecified atom stereocenters. The summed E-state index contributed by atoms with van der Waals surface area (Å²) >= 11 is 9.16. The van der Waals surface area contributed by atoms with Crippen molar-refractivity contribution in [2.24, 2.45) is 0 Å². The van der Waals surface area contributed by atoms with E-state index in [1.807, 2.05) is 6.92 Å². The highest BCUT2D eigenvalue weighted by Crippen LogP contribution is 2.19. The minimum atomic E-state index is -0.379. The number of aromatic nitrogens is 2. The van der Waals surface area contributed by atoms with Gasteiger partial charge in [-0.2, -0.15) is 0 Å². The Balaban J connectivity index is 2.25. The van der Waals surface area contributed by atoms with Crippen molar-refractivity contribution < 1.29 is 4.79 Å². The Hall–Kier alpha value is -1.66. The Morgan fingerprint density at radius 3 is 2.95 bits per heavy atom. The van der Waals surface area contributed by atoms with Gasteiger partial charge in [0.15, 0.2) is 0 Å². The Morgan fingerprint density at radius 2 is 2.24 bits per heavy atom. The van der Waals surface area contributed by atoms with E-state index >= 15 is 0 Å². The Labute approximate surface area is 135 Å². The van der Waals surface area contributed by atoms with E-state index in [-0.39, 0.29) is 22.2 Å². The highest BCUT2D eigenvalue weighted by atomic mass is 79.9. The number of nitrogens with one attached hydrogen (secondary N) is 1. The molecule has 0 radical (unpaired) electrons. The topological polar surface area (TPSA) is 64.0 Å². The van der Waals surface area contributed by atoms with Gasteiger partial charge in [-0.15, -0.1) is 0 Å². The fourth-order valence-corrected chi connectivity index (χ4v) is 2.32. The average Bonchev–Trinajstić information content (AvgIpc) is 2.45. The van der Waals surface area contributed by atoms with Gasteiger partial charge in [-0.05, 0) is 34.5 Å². The van der Waals surface area contributed by atoms with Gasteiger partial charge >= 0.3 is 0 Å². The molecule has 0 atom stereocenters. The molecule has 0 spiro atoms. The number of carbonyl (C=O) groups is 1. The first-order valence-electron chi connectivity index (χ1n) is 6.34. The lowest BCUT2D eigenvalue weighted by Gasteiger charge is -2.09. The van der Waals surface area contributed by atoms with Crippen LogP contribution in [-0.4, -0.2) is 15.5 Å². The number of pyridine rings is 2. The second-order valence-corrected chi connectivity index (χ2v) is 5.67. The summed E-state index contributed by atoms with van der Waals surface area (Å²) in [6.07, 6.45) is 3.96. The zero-order valence-electron chi connectivity index (χ0n) is 11.3. The van der Waals surface area contributed by atoms with E-state index in [2.05, 4.69) is 26.2 Å². The van der Waals surface area contributed by atoms with Crippen molar-refractivity contribution in [2.75, 3.05) is 5.32 Å². The lowest BCUT2D eigenvalue weighted by Crippen LogP contribution is -2.20. The second-order valence-electron chi connectivity index (χ2n) is 4.40. The van der Waals surface area contributed by atoms with Gasteiger partial charge in [-0.1, -0.05) is 18.5 Å². The molecule has 2 aromatic heterocycles. The van der Waals surface area contributed by atoms with E-state index in [4.69, 9.17) is 11.6 Å². The summed E-state index contributed by atoms with van der Waals surface area (Å²) in [6.45, 7) is 2.58. The van der Waals surface area contributed by atoms with E-state index in [9.17, 15) is 9.59 Å². The third kappa shape index (κ3) is 3.92. The van der Waals surface area contributed by atoms with E-state index in [1.165, 1.54) is 12.3 Å². The number of amides is 1. The largest absolute Gasteiger partial charge is 0.321 e. The molecule has 0 saturated heterocycles. The summed E-state index contributed by atoms with van der Waals surface area (Å²) in [5.41, 5.74) is 0.695. The maximum absolute atomic E-state index is 12.2. The second kappa shape index (κ2) is 6.87. The first-order chi connectivity index (χ1) is 10.0. The molecule has 0 fully saturated rings. The molecule has 110 valence electrons. The first-order valence-corrected chi connectivity index (χ1v) is 7.51. The number of rotatable bonds is 4. The minimum absolute atomic E-state index is 0.1000. The van der Waals surface area contributed by atoms with Crippen LogP contribution in [0.1, 0.15) is 23.7 Å². The maximum Gasteiger partial charge on any atom is 0.258 e. The van der Waals surface area contributed by atoms with Crippen molar-refractivity contribution in [1.29, 1.82) is 0 Å². The van der Waals surface area contributed by atoms with Crippen LogP contribution >= 0.6 is 27.5 Å². The molecule has 5 nitrogen and oxygen atoms in total. The number of carbonyl (C=O) groups excluding carboxylic acids is 1. The number of hydrogen-bond acceptors (Lipinski definition) is 3. The Morgan fingerprint density at radius 1 is 1.48 bits per heavy atom. The zero-order chi connectivity index (χ0) is 15.4. The van der Waals surface area contributed by atoms with Crippen LogP contribution in [-0.2, 0) is 6.54 Å². The molecule has 7 heteroatoms. The summed E-state index contributed by atoms with van der Waals surface area (Å²) in [7, 11) is 0. The van der Waals surface area contributed by atoms with Crippen molar-refractivity contribution in [3.8, 4) is 0 Å². The van der Waals surface area contributed by atoms with Crippen molar-refractivity contribution in [3.05, 3.63) is 56.1 Å². The monoisotopic (exact) mass is 369 g/mol. The highest BCUT2D eigenvalue weighted by Gasteiger charge is 2.12. The van der Waals surface area contributed by atoms with E-state index < -0.39 is 0 Å².